The Kier molecular flexibility index (Phi) is 5.50. The number of hydrogen-bond acceptors (Lipinski definition) is 3. The van der Waals surface area contributed by atoms with E-state index < -0.39 is 0 Å². The Morgan fingerprint density at radius 2 is 1.62 bits per heavy atom. The van der Waals surface area contributed by atoms with Crippen LogP contribution in [-0.2, 0) is 0 Å². The second-order valence-electron chi connectivity index (χ2n) is 7.33. The van der Waals surface area contributed by atoms with Crippen LogP contribution >= 0.6 is 0 Å². The number of benzene rings is 2. The molecule has 4 heteroatoms. The lowest BCUT2D eigenvalue weighted by molar-refractivity contribution is 0.0925. The van der Waals surface area contributed by atoms with Crippen molar-refractivity contribution >= 4 is 5.91 Å². The van der Waals surface area contributed by atoms with Crippen molar-refractivity contribution in [1.82, 2.24) is 5.32 Å². The predicted molar refractivity (Wildman–Crippen MR) is 103 cm³/mol. The molecule has 0 aromatic heterocycles. The third kappa shape index (κ3) is 4.18. The van der Waals surface area contributed by atoms with Gasteiger partial charge in [-0.15, -0.1) is 0 Å². The molecular weight excluding hydrogens is 326 g/mol. The van der Waals surface area contributed by atoms with E-state index in [2.05, 4.69) is 25.2 Å². The fourth-order valence-electron chi connectivity index (χ4n) is 3.34. The summed E-state index contributed by atoms with van der Waals surface area (Å²) >= 11 is 0. The van der Waals surface area contributed by atoms with E-state index in [4.69, 9.17) is 9.47 Å². The van der Waals surface area contributed by atoms with Crippen molar-refractivity contribution in [2.45, 2.75) is 40.2 Å². The van der Waals surface area contributed by atoms with Crippen molar-refractivity contribution in [3.8, 4) is 11.5 Å². The molecule has 0 saturated carbocycles. The average Bonchev–Trinajstić information content (AvgIpc) is 2.83. The molecule has 2 aromatic carbocycles. The van der Waals surface area contributed by atoms with Gasteiger partial charge in [0.1, 0.15) is 0 Å². The molecule has 1 N–H and O–H groups in total. The molecule has 0 bridgehead atoms. The molecular formula is C22H27NO3. The van der Waals surface area contributed by atoms with Crippen molar-refractivity contribution in [2.24, 2.45) is 5.92 Å². The maximum absolute atomic E-state index is 12.8. The third-order valence-electron chi connectivity index (χ3n) is 4.57. The molecule has 1 aliphatic rings. The van der Waals surface area contributed by atoms with Gasteiger partial charge in [-0.2, -0.15) is 0 Å². The minimum absolute atomic E-state index is 0.0531. The summed E-state index contributed by atoms with van der Waals surface area (Å²) in [5.74, 6) is 1.72. The number of fused-ring (bicyclic) bond motifs is 1. The molecule has 1 atom stereocenters. The Morgan fingerprint density at radius 3 is 2.27 bits per heavy atom. The zero-order valence-corrected chi connectivity index (χ0v) is 16.0. The van der Waals surface area contributed by atoms with Gasteiger partial charge in [0.25, 0.3) is 5.91 Å². The highest BCUT2D eigenvalue weighted by atomic mass is 16.5. The van der Waals surface area contributed by atoms with Gasteiger partial charge in [0, 0.05) is 12.0 Å². The van der Waals surface area contributed by atoms with Crippen LogP contribution in [0, 0.1) is 19.8 Å². The van der Waals surface area contributed by atoms with Gasteiger partial charge in [0.05, 0.1) is 19.3 Å². The zero-order chi connectivity index (χ0) is 18.7. The highest BCUT2D eigenvalue weighted by Crippen LogP contribution is 2.34. The van der Waals surface area contributed by atoms with Crippen LogP contribution in [0.15, 0.2) is 36.4 Å². The van der Waals surface area contributed by atoms with Crippen LogP contribution in [-0.4, -0.2) is 19.1 Å². The van der Waals surface area contributed by atoms with Crippen molar-refractivity contribution in [3.05, 3.63) is 58.7 Å². The highest BCUT2D eigenvalue weighted by Gasteiger charge is 2.22. The van der Waals surface area contributed by atoms with Gasteiger partial charge in [0.15, 0.2) is 11.5 Å². The first kappa shape index (κ1) is 18.3. The molecule has 2 aromatic rings. The van der Waals surface area contributed by atoms with Gasteiger partial charge in [-0.05, 0) is 49.6 Å². The summed E-state index contributed by atoms with van der Waals surface area (Å²) in [7, 11) is 0. The largest absolute Gasteiger partial charge is 0.490 e. The summed E-state index contributed by atoms with van der Waals surface area (Å²) in [5.41, 5.74) is 3.91. The standard InChI is InChI=1S/C22H27NO3/c1-14(2)21(23-22(24)18-11-15(3)10-16(4)12-18)17-6-7-19-20(13-17)26-9-5-8-25-19/h6-7,10-14,21H,5,8-9H2,1-4H3,(H,23,24)/t21-/m1/s1. The smallest absolute Gasteiger partial charge is 0.251 e. The van der Waals surface area contributed by atoms with Crippen molar-refractivity contribution in [1.29, 1.82) is 0 Å². The Bertz CT molecular complexity index is 778. The topological polar surface area (TPSA) is 47.6 Å². The molecule has 0 spiro atoms. The molecule has 0 fully saturated rings. The Balaban J connectivity index is 1.85. The van der Waals surface area contributed by atoms with E-state index >= 15 is 0 Å². The quantitative estimate of drug-likeness (QED) is 0.874. The zero-order valence-electron chi connectivity index (χ0n) is 16.0. The number of carbonyl (C=O) groups excluding carboxylic acids is 1. The van der Waals surface area contributed by atoms with E-state index in [1.165, 1.54) is 0 Å². The number of nitrogens with one attached hydrogen (secondary N) is 1. The van der Waals surface area contributed by atoms with Gasteiger partial charge in [-0.25, -0.2) is 0 Å². The second kappa shape index (κ2) is 7.81. The minimum atomic E-state index is -0.0968. The number of hydrogen-bond donors (Lipinski definition) is 1. The predicted octanol–water partition coefficient (Wildman–Crippen LogP) is 4.59. The molecule has 1 amide bonds. The van der Waals surface area contributed by atoms with Crippen LogP contribution in [0.25, 0.3) is 0 Å². The monoisotopic (exact) mass is 353 g/mol. The highest BCUT2D eigenvalue weighted by molar-refractivity contribution is 5.94. The van der Waals surface area contributed by atoms with Crippen molar-refractivity contribution in [2.75, 3.05) is 13.2 Å². The molecule has 1 heterocycles. The summed E-state index contributed by atoms with van der Waals surface area (Å²) in [4.78, 5) is 12.8. The van der Waals surface area contributed by atoms with Crippen molar-refractivity contribution < 1.29 is 14.3 Å². The molecule has 0 unspecified atom stereocenters. The number of aryl methyl sites for hydroxylation is 2. The van der Waals surface area contributed by atoms with Gasteiger partial charge < -0.3 is 14.8 Å². The lowest BCUT2D eigenvalue weighted by Crippen LogP contribution is -2.31. The van der Waals surface area contributed by atoms with Crippen LogP contribution in [0.2, 0.25) is 0 Å². The van der Waals surface area contributed by atoms with Crippen LogP contribution < -0.4 is 14.8 Å². The van der Waals surface area contributed by atoms with Crippen LogP contribution in [0.5, 0.6) is 11.5 Å². The fourth-order valence-corrected chi connectivity index (χ4v) is 3.34. The molecule has 138 valence electrons. The van der Waals surface area contributed by atoms with Gasteiger partial charge >= 0.3 is 0 Å². The molecule has 0 saturated heterocycles. The van der Waals surface area contributed by atoms with E-state index in [0.717, 1.165) is 34.6 Å². The van der Waals surface area contributed by atoms with E-state index in [1.807, 2.05) is 44.2 Å². The molecule has 1 aliphatic heterocycles. The maximum Gasteiger partial charge on any atom is 0.251 e. The first-order valence-corrected chi connectivity index (χ1v) is 9.23. The van der Waals surface area contributed by atoms with Gasteiger partial charge in [-0.3, -0.25) is 4.79 Å². The summed E-state index contributed by atoms with van der Waals surface area (Å²) in [6.45, 7) is 9.55. The van der Waals surface area contributed by atoms with Gasteiger partial charge in [-0.1, -0.05) is 37.1 Å². The van der Waals surface area contributed by atoms with E-state index in [1.54, 1.807) is 0 Å². The molecule has 3 rings (SSSR count). The number of carbonyl (C=O) groups is 1. The molecule has 26 heavy (non-hydrogen) atoms. The lowest BCUT2D eigenvalue weighted by Gasteiger charge is -2.24. The third-order valence-corrected chi connectivity index (χ3v) is 4.57. The number of rotatable bonds is 4. The number of ether oxygens (including phenoxy) is 2. The Hall–Kier alpha value is -2.49. The number of amides is 1. The average molecular weight is 353 g/mol. The van der Waals surface area contributed by atoms with Gasteiger partial charge in [0.2, 0.25) is 0 Å². The second-order valence-corrected chi connectivity index (χ2v) is 7.33. The maximum atomic E-state index is 12.8. The lowest BCUT2D eigenvalue weighted by atomic mass is 9.95. The summed E-state index contributed by atoms with van der Waals surface area (Å²) in [6, 6.07) is 11.8. The Morgan fingerprint density at radius 1 is 0.962 bits per heavy atom. The Labute approximate surface area is 155 Å². The van der Waals surface area contributed by atoms with Crippen LogP contribution in [0.3, 0.4) is 0 Å². The SMILES string of the molecule is Cc1cc(C)cc(C(=O)N[C@@H](c2ccc3c(c2)OCCCO3)C(C)C)c1. The summed E-state index contributed by atoms with van der Waals surface area (Å²) in [5, 5.41) is 3.19. The van der Waals surface area contributed by atoms with E-state index in [-0.39, 0.29) is 17.9 Å². The molecule has 4 nitrogen and oxygen atoms in total. The summed E-state index contributed by atoms with van der Waals surface area (Å²) in [6.07, 6.45) is 0.876. The first-order chi connectivity index (χ1) is 12.4. The minimum Gasteiger partial charge on any atom is -0.490 e. The van der Waals surface area contributed by atoms with Crippen molar-refractivity contribution in [3.63, 3.8) is 0 Å². The first-order valence-electron chi connectivity index (χ1n) is 9.23. The van der Waals surface area contributed by atoms with E-state index in [0.29, 0.717) is 18.8 Å². The normalized spacial score (nSPS) is 14.7. The molecule has 0 aliphatic carbocycles. The molecule has 0 radical (unpaired) electrons. The van der Waals surface area contributed by atoms with Crippen LogP contribution in [0.1, 0.15) is 53.4 Å². The van der Waals surface area contributed by atoms with Crippen LogP contribution in [0.4, 0.5) is 0 Å². The fraction of sp³-hybridized carbons (Fsp3) is 0.409. The van der Waals surface area contributed by atoms with E-state index in [9.17, 15) is 4.79 Å². The summed E-state index contributed by atoms with van der Waals surface area (Å²) < 4.78 is 11.5.